The van der Waals surface area contributed by atoms with Crippen LogP contribution in [0, 0.1) is 19.3 Å². The first-order valence-corrected chi connectivity index (χ1v) is 8.90. The van der Waals surface area contributed by atoms with E-state index in [1.165, 1.54) is 24.1 Å². The van der Waals surface area contributed by atoms with Crippen molar-refractivity contribution in [2.45, 2.75) is 39.7 Å². The van der Waals surface area contributed by atoms with Gasteiger partial charge < -0.3 is 15.0 Å². The summed E-state index contributed by atoms with van der Waals surface area (Å²) >= 11 is 1.77. The van der Waals surface area contributed by atoms with Crippen molar-refractivity contribution in [3.63, 3.8) is 0 Å². The van der Waals surface area contributed by atoms with Gasteiger partial charge in [0, 0.05) is 38.2 Å². The van der Waals surface area contributed by atoms with Gasteiger partial charge in [0.1, 0.15) is 0 Å². The first-order valence-electron chi connectivity index (χ1n) is 8.08. The van der Waals surface area contributed by atoms with Crippen LogP contribution in [0.5, 0.6) is 0 Å². The summed E-state index contributed by atoms with van der Waals surface area (Å²) in [5.41, 5.74) is 1.58. The van der Waals surface area contributed by atoms with Gasteiger partial charge in [-0.1, -0.05) is 0 Å². The van der Waals surface area contributed by atoms with Gasteiger partial charge >= 0.3 is 0 Å². The van der Waals surface area contributed by atoms with Crippen molar-refractivity contribution in [1.29, 1.82) is 0 Å². The topological polar surface area (TPSA) is 49.8 Å². The summed E-state index contributed by atoms with van der Waals surface area (Å²) in [6.45, 7) is 8.99. The van der Waals surface area contributed by atoms with E-state index in [4.69, 9.17) is 4.74 Å². The highest BCUT2D eigenvalue weighted by Crippen LogP contribution is 2.39. The standard InChI is InChI=1S/C16H26N4OS.HI/c1-12-14(22-13(2)19-12)10-18-15(17-3)20-7-4-16(11-20)5-8-21-9-6-16;/h4-11H2,1-3H3,(H,17,18);1H. The third-order valence-electron chi connectivity index (χ3n) is 4.91. The van der Waals surface area contributed by atoms with Crippen molar-refractivity contribution < 1.29 is 4.74 Å². The minimum Gasteiger partial charge on any atom is -0.381 e. The monoisotopic (exact) mass is 450 g/mol. The average molecular weight is 450 g/mol. The molecule has 7 heteroatoms. The van der Waals surface area contributed by atoms with Gasteiger partial charge in [-0.2, -0.15) is 0 Å². The first-order chi connectivity index (χ1) is 10.6. The minimum absolute atomic E-state index is 0. The van der Waals surface area contributed by atoms with E-state index < -0.39 is 0 Å². The predicted molar refractivity (Wildman–Crippen MR) is 106 cm³/mol. The van der Waals surface area contributed by atoms with Gasteiger partial charge in [-0.25, -0.2) is 4.98 Å². The number of rotatable bonds is 2. The molecule has 0 aliphatic carbocycles. The Bertz CT molecular complexity index is 554. The van der Waals surface area contributed by atoms with E-state index in [1.54, 1.807) is 11.3 Å². The van der Waals surface area contributed by atoms with Crippen LogP contribution < -0.4 is 5.32 Å². The fraction of sp³-hybridized carbons (Fsp3) is 0.750. The Labute approximate surface area is 159 Å². The molecule has 2 fully saturated rings. The number of aliphatic imine (C=N–C) groups is 1. The molecule has 0 bridgehead atoms. The summed E-state index contributed by atoms with van der Waals surface area (Å²) in [7, 11) is 1.88. The maximum absolute atomic E-state index is 5.53. The molecule has 1 spiro atoms. The molecule has 1 aromatic heterocycles. The lowest BCUT2D eigenvalue weighted by Crippen LogP contribution is -2.41. The van der Waals surface area contributed by atoms with Crippen LogP contribution in [0.1, 0.15) is 34.8 Å². The number of aryl methyl sites for hydroxylation is 2. The van der Waals surface area contributed by atoms with Gasteiger partial charge in [0.05, 0.1) is 17.2 Å². The van der Waals surface area contributed by atoms with Crippen molar-refractivity contribution in [2.24, 2.45) is 10.4 Å². The number of ether oxygens (including phenoxy) is 1. The highest BCUT2D eigenvalue weighted by atomic mass is 127. The van der Waals surface area contributed by atoms with Gasteiger partial charge in [-0.3, -0.25) is 4.99 Å². The normalized spacial score (nSPS) is 20.7. The Hall–Kier alpha value is -0.410. The summed E-state index contributed by atoms with van der Waals surface area (Å²) in [5.74, 6) is 1.02. The third-order valence-corrected chi connectivity index (χ3v) is 5.98. The second kappa shape index (κ2) is 8.11. The van der Waals surface area contributed by atoms with E-state index >= 15 is 0 Å². The number of hydrogen-bond acceptors (Lipinski definition) is 4. The average Bonchev–Trinajstić information content (AvgIpc) is 3.05. The van der Waals surface area contributed by atoms with Crippen LogP contribution in [0.25, 0.3) is 0 Å². The number of hydrogen-bond donors (Lipinski definition) is 1. The van der Waals surface area contributed by atoms with Crippen molar-refractivity contribution in [1.82, 2.24) is 15.2 Å². The molecule has 3 rings (SSSR count). The molecule has 0 atom stereocenters. The summed E-state index contributed by atoms with van der Waals surface area (Å²) in [6, 6.07) is 0. The molecule has 3 heterocycles. The molecular formula is C16H27IN4OS. The maximum Gasteiger partial charge on any atom is 0.193 e. The molecule has 130 valence electrons. The number of halogens is 1. The van der Waals surface area contributed by atoms with Crippen LogP contribution >= 0.6 is 35.3 Å². The highest BCUT2D eigenvalue weighted by molar-refractivity contribution is 14.0. The third kappa shape index (κ3) is 4.36. The molecule has 2 aliphatic rings. The maximum atomic E-state index is 5.53. The first kappa shape index (κ1) is 18.9. The van der Waals surface area contributed by atoms with E-state index in [9.17, 15) is 0 Å². The molecule has 23 heavy (non-hydrogen) atoms. The van der Waals surface area contributed by atoms with E-state index in [2.05, 4.69) is 34.0 Å². The number of guanidine groups is 1. The SMILES string of the molecule is CN=C(NCc1sc(C)nc1C)N1CCC2(CCOCC2)C1.I. The lowest BCUT2D eigenvalue weighted by molar-refractivity contribution is 0.0217. The summed E-state index contributed by atoms with van der Waals surface area (Å²) in [4.78, 5) is 12.7. The van der Waals surface area contributed by atoms with Gasteiger partial charge in [0.25, 0.3) is 0 Å². The van der Waals surface area contributed by atoms with Crippen LogP contribution in [0.3, 0.4) is 0 Å². The molecule has 2 aliphatic heterocycles. The fourth-order valence-corrected chi connectivity index (χ4v) is 4.43. The van der Waals surface area contributed by atoms with E-state index in [1.807, 2.05) is 7.05 Å². The number of likely N-dealkylation sites (tertiary alicyclic amines) is 1. The van der Waals surface area contributed by atoms with Gasteiger partial charge in [-0.05, 0) is 38.5 Å². The number of nitrogens with one attached hydrogen (secondary N) is 1. The molecule has 5 nitrogen and oxygen atoms in total. The molecule has 1 N–H and O–H groups in total. The van der Waals surface area contributed by atoms with Crippen LogP contribution in [0.15, 0.2) is 4.99 Å². The predicted octanol–water partition coefficient (Wildman–Crippen LogP) is 2.96. The van der Waals surface area contributed by atoms with Crippen LogP contribution in [-0.2, 0) is 11.3 Å². The minimum atomic E-state index is 0. The van der Waals surface area contributed by atoms with Gasteiger partial charge in [-0.15, -0.1) is 35.3 Å². The molecule has 0 radical (unpaired) electrons. The van der Waals surface area contributed by atoms with Crippen LogP contribution in [0.4, 0.5) is 0 Å². The van der Waals surface area contributed by atoms with Gasteiger partial charge in [0.2, 0.25) is 0 Å². The van der Waals surface area contributed by atoms with Gasteiger partial charge in [0.15, 0.2) is 5.96 Å². The second-order valence-electron chi connectivity index (χ2n) is 6.43. The lowest BCUT2D eigenvalue weighted by atomic mass is 9.80. The quantitative estimate of drug-likeness (QED) is 0.428. The Morgan fingerprint density at radius 2 is 2.09 bits per heavy atom. The van der Waals surface area contributed by atoms with Crippen molar-refractivity contribution >= 4 is 41.3 Å². The Balaban J connectivity index is 0.00000192. The van der Waals surface area contributed by atoms with Crippen LogP contribution in [0.2, 0.25) is 0 Å². The molecule has 0 amide bonds. The summed E-state index contributed by atoms with van der Waals surface area (Å²) in [6.07, 6.45) is 3.64. The largest absolute Gasteiger partial charge is 0.381 e. The molecule has 1 aromatic rings. The Morgan fingerprint density at radius 3 is 2.70 bits per heavy atom. The molecule has 0 saturated carbocycles. The smallest absolute Gasteiger partial charge is 0.193 e. The highest BCUT2D eigenvalue weighted by Gasteiger charge is 2.40. The van der Waals surface area contributed by atoms with Crippen molar-refractivity contribution in [3.05, 3.63) is 15.6 Å². The number of thiazole rings is 1. The second-order valence-corrected chi connectivity index (χ2v) is 7.71. The summed E-state index contributed by atoms with van der Waals surface area (Å²) < 4.78 is 5.53. The molecule has 2 saturated heterocycles. The zero-order chi connectivity index (χ0) is 15.6. The van der Waals surface area contributed by atoms with Crippen molar-refractivity contribution in [3.8, 4) is 0 Å². The summed E-state index contributed by atoms with van der Waals surface area (Å²) in [5, 5.41) is 4.65. The lowest BCUT2D eigenvalue weighted by Gasteiger charge is -2.33. The molecular weight excluding hydrogens is 423 g/mol. The molecule has 0 aromatic carbocycles. The van der Waals surface area contributed by atoms with E-state index in [0.717, 1.165) is 49.5 Å². The zero-order valence-electron chi connectivity index (χ0n) is 14.2. The number of nitrogens with zero attached hydrogens (tertiary/aromatic N) is 3. The van der Waals surface area contributed by atoms with E-state index in [-0.39, 0.29) is 24.0 Å². The van der Waals surface area contributed by atoms with Crippen LogP contribution in [-0.4, -0.2) is 49.2 Å². The van der Waals surface area contributed by atoms with E-state index in [0.29, 0.717) is 5.41 Å². The Morgan fingerprint density at radius 1 is 1.35 bits per heavy atom. The fourth-order valence-electron chi connectivity index (χ4n) is 3.56. The molecule has 0 unspecified atom stereocenters. The zero-order valence-corrected chi connectivity index (χ0v) is 17.4. The number of aromatic nitrogens is 1. The Kier molecular flexibility index (Phi) is 6.67. The van der Waals surface area contributed by atoms with Crippen molar-refractivity contribution in [2.75, 3.05) is 33.4 Å².